The van der Waals surface area contributed by atoms with E-state index in [0.717, 1.165) is 16.6 Å². The number of hydrogen-bond acceptors (Lipinski definition) is 3. The van der Waals surface area contributed by atoms with E-state index in [4.69, 9.17) is 16.6 Å². The van der Waals surface area contributed by atoms with Crippen molar-refractivity contribution in [3.63, 3.8) is 0 Å². The smallest absolute Gasteiger partial charge is 0.225 e. The van der Waals surface area contributed by atoms with Gasteiger partial charge in [0, 0.05) is 30.4 Å². The highest BCUT2D eigenvalue weighted by Gasteiger charge is 2.34. The van der Waals surface area contributed by atoms with Crippen molar-refractivity contribution in [1.82, 2.24) is 4.90 Å². The lowest BCUT2D eigenvalue weighted by Crippen LogP contribution is -2.48. The van der Waals surface area contributed by atoms with Crippen molar-refractivity contribution in [3.05, 3.63) is 29.3 Å². The van der Waals surface area contributed by atoms with Crippen LogP contribution in [0.4, 0.5) is 5.69 Å². The number of nitrogens with zero attached hydrogens (tertiary/aromatic N) is 3. The minimum absolute atomic E-state index is 0. The predicted octanol–water partition coefficient (Wildman–Crippen LogP) is 4.81. The molecule has 0 aromatic heterocycles. The first kappa shape index (κ1) is 20.4. The Kier molecular flexibility index (Phi) is 7.47. The molecule has 3 rings (SSSR count). The number of anilines is 1. The second kappa shape index (κ2) is 9.15. The number of aliphatic imine (C=N–C) groups is 1. The Bertz CT molecular complexity index is 617. The molecule has 1 aromatic carbocycles. The van der Waals surface area contributed by atoms with Crippen LogP contribution < -0.4 is 4.90 Å². The molecule has 2 fully saturated rings. The minimum Gasteiger partial charge on any atom is -0.333 e. The fourth-order valence-corrected chi connectivity index (χ4v) is 4.74. The minimum atomic E-state index is -0.00369. The molecular weight excluding hydrogens is 377 g/mol. The zero-order valence-corrected chi connectivity index (χ0v) is 17.0. The normalized spacial score (nSPS) is 22.8. The van der Waals surface area contributed by atoms with Crippen LogP contribution in [0, 0.1) is 0 Å². The summed E-state index contributed by atoms with van der Waals surface area (Å²) in [6, 6.07) is 7.90. The van der Waals surface area contributed by atoms with Crippen molar-refractivity contribution in [3.8, 4) is 0 Å². The van der Waals surface area contributed by atoms with Crippen LogP contribution in [0.25, 0.3) is 0 Å². The Hall–Kier alpha value is -0.910. The molecule has 1 heterocycles. The molecule has 2 aliphatic rings. The van der Waals surface area contributed by atoms with Crippen LogP contribution in [0.15, 0.2) is 29.3 Å². The third kappa shape index (κ3) is 4.83. The molecule has 25 heavy (non-hydrogen) atoms. The quantitative estimate of drug-likeness (QED) is 0.728. The van der Waals surface area contributed by atoms with Gasteiger partial charge >= 0.3 is 0 Å². The monoisotopic (exact) mass is 401 g/mol. The Morgan fingerprint density at radius 2 is 1.88 bits per heavy atom. The van der Waals surface area contributed by atoms with E-state index in [-0.39, 0.29) is 24.5 Å². The number of carbonyl (C=O) groups is 1. The van der Waals surface area contributed by atoms with Crippen LogP contribution in [-0.2, 0) is 4.79 Å². The van der Waals surface area contributed by atoms with Crippen LogP contribution in [0.5, 0.6) is 0 Å². The van der Waals surface area contributed by atoms with E-state index in [1.807, 2.05) is 36.2 Å². The van der Waals surface area contributed by atoms with Gasteiger partial charge in [-0.05, 0) is 37.1 Å². The van der Waals surface area contributed by atoms with E-state index in [9.17, 15) is 4.79 Å². The summed E-state index contributed by atoms with van der Waals surface area (Å²) in [6.07, 6.45) is 6.28. The summed E-state index contributed by atoms with van der Waals surface area (Å²) in [5.41, 5.74) is 0.878. The molecule has 138 valence electrons. The molecule has 0 radical (unpaired) electrons. The predicted molar refractivity (Wildman–Crippen MR) is 110 cm³/mol. The first-order valence-electron chi connectivity index (χ1n) is 8.55. The lowest BCUT2D eigenvalue weighted by molar-refractivity contribution is -0.117. The molecule has 4 nitrogen and oxygen atoms in total. The van der Waals surface area contributed by atoms with Crippen LogP contribution in [-0.4, -0.2) is 41.0 Å². The van der Waals surface area contributed by atoms with Gasteiger partial charge in [-0.25, -0.2) is 0 Å². The van der Waals surface area contributed by atoms with Gasteiger partial charge in [-0.3, -0.25) is 14.7 Å². The van der Waals surface area contributed by atoms with Crippen molar-refractivity contribution in [2.45, 2.75) is 51.2 Å². The average molecular weight is 402 g/mol. The molecule has 1 unspecified atom stereocenters. The summed E-state index contributed by atoms with van der Waals surface area (Å²) in [5.74, 6) is 0.873. The summed E-state index contributed by atoms with van der Waals surface area (Å²) >= 11 is 7.73. The highest BCUT2D eigenvalue weighted by molar-refractivity contribution is 8.14. The van der Waals surface area contributed by atoms with Gasteiger partial charge in [-0.2, -0.15) is 0 Å². The van der Waals surface area contributed by atoms with Crippen LogP contribution >= 0.6 is 35.8 Å². The zero-order chi connectivity index (χ0) is 17.1. The molecule has 0 N–H and O–H groups in total. The summed E-state index contributed by atoms with van der Waals surface area (Å²) in [5, 5.41) is 1.74. The Morgan fingerprint density at radius 3 is 2.48 bits per heavy atom. The molecule has 1 aliphatic heterocycles. The van der Waals surface area contributed by atoms with E-state index in [0.29, 0.717) is 11.1 Å². The van der Waals surface area contributed by atoms with Crippen LogP contribution in [0.3, 0.4) is 0 Å². The number of benzene rings is 1. The maximum atomic E-state index is 12.3. The summed E-state index contributed by atoms with van der Waals surface area (Å²) < 4.78 is 0. The maximum absolute atomic E-state index is 12.3. The molecule has 1 saturated carbocycles. The number of rotatable bonds is 3. The second-order valence-electron chi connectivity index (χ2n) is 6.47. The van der Waals surface area contributed by atoms with Gasteiger partial charge in [0.2, 0.25) is 5.91 Å². The van der Waals surface area contributed by atoms with Crippen molar-refractivity contribution >= 4 is 52.5 Å². The summed E-state index contributed by atoms with van der Waals surface area (Å²) in [4.78, 5) is 21.2. The van der Waals surface area contributed by atoms with E-state index >= 15 is 0 Å². The van der Waals surface area contributed by atoms with Crippen LogP contribution in [0.1, 0.15) is 39.0 Å². The molecule has 7 heteroatoms. The number of thioether (sulfide) groups is 1. The average Bonchev–Trinajstić information content (AvgIpc) is 2.91. The zero-order valence-electron chi connectivity index (χ0n) is 14.7. The Morgan fingerprint density at radius 1 is 1.24 bits per heavy atom. The highest BCUT2D eigenvalue weighted by Crippen LogP contribution is 2.31. The van der Waals surface area contributed by atoms with Crippen molar-refractivity contribution in [2.75, 3.05) is 17.7 Å². The summed E-state index contributed by atoms with van der Waals surface area (Å²) in [7, 11) is 2.04. The van der Waals surface area contributed by atoms with Gasteiger partial charge in [-0.1, -0.05) is 42.6 Å². The second-order valence-corrected chi connectivity index (χ2v) is 7.90. The van der Waals surface area contributed by atoms with Gasteiger partial charge in [0.15, 0.2) is 5.17 Å². The molecule has 1 atom stereocenters. The number of hydrogen-bond donors (Lipinski definition) is 0. The molecule has 1 amide bonds. The molecular formula is C18H25Cl2N3OS. The highest BCUT2D eigenvalue weighted by atomic mass is 35.5. The van der Waals surface area contributed by atoms with Gasteiger partial charge in [0.1, 0.15) is 6.17 Å². The fourth-order valence-electron chi connectivity index (χ4n) is 3.40. The number of amidine groups is 1. The number of halogens is 2. The Balaban J connectivity index is 0.00000225. The maximum Gasteiger partial charge on any atom is 0.225 e. The van der Waals surface area contributed by atoms with Crippen molar-refractivity contribution in [2.24, 2.45) is 4.99 Å². The van der Waals surface area contributed by atoms with E-state index in [1.54, 1.807) is 18.7 Å². The van der Waals surface area contributed by atoms with Gasteiger partial charge in [-0.15, -0.1) is 12.4 Å². The molecule has 0 spiro atoms. The number of amides is 1. The molecule has 1 aromatic rings. The third-order valence-corrected chi connectivity index (χ3v) is 6.09. The van der Waals surface area contributed by atoms with Crippen LogP contribution in [0.2, 0.25) is 5.02 Å². The first-order valence-corrected chi connectivity index (χ1v) is 9.91. The Labute approximate surface area is 165 Å². The van der Waals surface area contributed by atoms with E-state index in [1.165, 1.54) is 32.1 Å². The van der Waals surface area contributed by atoms with E-state index < -0.39 is 0 Å². The van der Waals surface area contributed by atoms with Crippen molar-refractivity contribution in [1.29, 1.82) is 0 Å². The first-order chi connectivity index (χ1) is 11.6. The van der Waals surface area contributed by atoms with Gasteiger partial charge in [0.25, 0.3) is 0 Å². The molecule has 0 bridgehead atoms. The van der Waals surface area contributed by atoms with Gasteiger partial charge < -0.3 is 4.90 Å². The van der Waals surface area contributed by atoms with Gasteiger partial charge in [0.05, 0.1) is 6.04 Å². The SMILES string of the molecule is CC(=O)N(c1ccc(Cl)cc1)C1CSC(=NC2CCCCC2)N1C.Cl. The molecule has 1 aliphatic carbocycles. The lowest BCUT2D eigenvalue weighted by Gasteiger charge is -2.33. The third-order valence-electron chi connectivity index (χ3n) is 4.72. The molecule has 1 saturated heterocycles. The largest absolute Gasteiger partial charge is 0.333 e. The summed E-state index contributed by atoms with van der Waals surface area (Å²) in [6.45, 7) is 1.61. The lowest BCUT2D eigenvalue weighted by atomic mass is 9.96. The standard InChI is InChI=1S/C18H24ClN3OS.ClH/c1-13(23)22(16-10-8-14(19)9-11-16)17-12-24-18(21(17)2)20-15-6-4-3-5-7-15;/h8-11,15,17H,3-7,12H2,1-2H3;1H. The van der Waals surface area contributed by atoms with E-state index in [2.05, 4.69) is 4.90 Å². The number of carbonyl (C=O) groups excluding carboxylic acids is 1. The van der Waals surface area contributed by atoms with Crippen molar-refractivity contribution < 1.29 is 4.79 Å². The fraction of sp³-hybridized carbons (Fsp3) is 0.556. The topological polar surface area (TPSA) is 35.9 Å².